The summed E-state index contributed by atoms with van der Waals surface area (Å²) in [6.07, 6.45) is 0. The fourth-order valence-corrected chi connectivity index (χ4v) is 2.61. The summed E-state index contributed by atoms with van der Waals surface area (Å²) in [6.45, 7) is 2.79. The fraction of sp³-hybridized carbons (Fsp3) is 0.235. The van der Waals surface area contributed by atoms with E-state index in [2.05, 4.69) is 15.3 Å². The van der Waals surface area contributed by atoms with Gasteiger partial charge in [0.1, 0.15) is 5.82 Å². The van der Waals surface area contributed by atoms with E-state index in [1.807, 2.05) is 24.3 Å². The van der Waals surface area contributed by atoms with Crippen molar-refractivity contribution in [2.24, 2.45) is 0 Å². The summed E-state index contributed by atoms with van der Waals surface area (Å²) < 4.78 is 6.38. The highest BCUT2D eigenvalue weighted by atomic mass is 16.5. The Hall–Kier alpha value is -3.09. The van der Waals surface area contributed by atoms with Crippen molar-refractivity contribution in [2.75, 3.05) is 19.0 Å². The summed E-state index contributed by atoms with van der Waals surface area (Å²) in [4.78, 5) is 30.7. The number of rotatable bonds is 5. The molecule has 0 aliphatic carbocycles. The number of hydrogen-bond acceptors (Lipinski definition) is 5. The molecule has 1 aromatic carbocycles. The molecule has 0 spiro atoms. The Morgan fingerprint density at radius 1 is 1.29 bits per heavy atom. The Morgan fingerprint density at radius 2 is 2.08 bits per heavy atom. The van der Waals surface area contributed by atoms with Crippen molar-refractivity contribution in [3.05, 3.63) is 58.1 Å². The van der Waals surface area contributed by atoms with Crippen molar-refractivity contribution in [3.63, 3.8) is 0 Å². The molecule has 7 heteroatoms. The quantitative estimate of drug-likeness (QED) is 0.699. The van der Waals surface area contributed by atoms with Gasteiger partial charge >= 0.3 is 11.7 Å². The van der Waals surface area contributed by atoms with Crippen LogP contribution in [0, 0.1) is 6.92 Å². The number of pyridine rings is 1. The van der Waals surface area contributed by atoms with E-state index in [0.29, 0.717) is 30.2 Å². The second-order valence-electron chi connectivity index (χ2n) is 5.35. The van der Waals surface area contributed by atoms with Gasteiger partial charge in [0, 0.05) is 13.1 Å². The van der Waals surface area contributed by atoms with E-state index in [0.717, 1.165) is 11.0 Å². The number of nitrogens with one attached hydrogen (secondary N) is 2. The molecule has 7 nitrogen and oxygen atoms in total. The first-order valence-electron chi connectivity index (χ1n) is 7.57. The zero-order chi connectivity index (χ0) is 17.1. The molecule has 0 atom stereocenters. The summed E-state index contributed by atoms with van der Waals surface area (Å²) in [5, 5.41) is 3.16. The summed E-state index contributed by atoms with van der Waals surface area (Å²) in [5.74, 6) is 0.241. The molecule has 0 fully saturated rings. The van der Waals surface area contributed by atoms with E-state index >= 15 is 0 Å². The minimum atomic E-state index is -0.406. The van der Waals surface area contributed by atoms with E-state index in [-0.39, 0.29) is 5.69 Å². The van der Waals surface area contributed by atoms with E-state index < -0.39 is 5.97 Å². The number of carbonyl (C=O) groups is 1. The lowest BCUT2D eigenvalue weighted by atomic mass is 10.2. The highest BCUT2D eigenvalue weighted by Crippen LogP contribution is 2.12. The number of nitrogens with zero attached hydrogens (tertiary/aromatic N) is 2. The highest BCUT2D eigenvalue weighted by Gasteiger charge is 2.10. The van der Waals surface area contributed by atoms with Gasteiger partial charge in [0.15, 0.2) is 0 Å². The number of para-hydroxylation sites is 2. The molecule has 3 rings (SSSR count). The molecule has 0 saturated carbocycles. The zero-order valence-corrected chi connectivity index (χ0v) is 13.5. The van der Waals surface area contributed by atoms with E-state index in [1.165, 1.54) is 7.11 Å². The van der Waals surface area contributed by atoms with Crippen LogP contribution in [0.5, 0.6) is 0 Å². The average Bonchev–Trinajstić information content (AvgIpc) is 2.90. The molecule has 124 valence electrons. The Balaban J connectivity index is 1.70. The summed E-state index contributed by atoms with van der Waals surface area (Å²) in [5.41, 5.74) is 2.59. The molecular weight excluding hydrogens is 308 g/mol. The van der Waals surface area contributed by atoms with Gasteiger partial charge in [0.25, 0.3) is 0 Å². The summed E-state index contributed by atoms with van der Waals surface area (Å²) in [7, 11) is 1.34. The third kappa shape index (κ3) is 3.01. The number of ether oxygens (including phenoxy) is 1. The maximum absolute atomic E-state index is 12.0. The van der Waals surface area contributed by atoms with Crippen LogP contribution in [-0.2, 0) is 11.3 Å². The molecule has 3 aromatic rings. The van der Waals surface area contributed by atoms with Gasteiger partial charge in [-0.1, -0.05) is 12.1 Å². The van der Waals surface area contributed by atoms with Crippen molar-refractivity contribution in [2.45, 2.75) is 13.5 Å². The van der Waals surface area contributed by atoms with Gasteiger partial charge in [0.05, 0.1) is 29.4 Å². The molecule has 2 aromatic heterocycles. The number of H-pyrrole nitrogens is 1. The van der Waals surface area contributed by atoms with Gasteiger partial charge in [-0.25, -0.2) is 14.6 Å². The third-order valence-electron chi connectivity index (χ3n) is 3.81. The molecule has 24 heavy (non-hydrogen) atoms. The van der Waals surface area contributed by atoms with E-state index in [1.54, 1.807) is 23.6 Å². The van der Waals surface area contributed by atoms with Crippen LogP contribution in [0.4, 0.5) is 5.82 Å². The van der Waals surface area contributed by atoms with Crippen molar-refractivity contribution in [1.29, 1.82) is 0 Å². The monoisotopic (exact) mass is 326 g/mol. The largest absolute Gasteiger partial charge is 0.465 e. The van der Waals surface area contributed by atoms with Crippen LogP contribution in [0.25, 0.3) is 11.0 Å². The Kier molecular flexibility index (Phi) is 4.33. The van der Waals surface area contributed by atoms with Crippen molar-refractivity contribution in [1.82, 2.24) is 14.5 Å². The molecule has 0 bridgehead atoms. The average molecular weight is 326 g/mol. The van der Waals surface area contributed by atoms with E-state index in [4.69, 9.17) is 4.74 Å². The second-order valence-corrected chi connectivity index (χ2v) is 5.35. The van der Waals surface area contributed by atoms with Crippen LogP contribution in [0.1, 0.15) is 16.1 Å². The Labute approximate surface area is 138 Å². The lowest BCUT2D eigenvalue weighted by Crippen LogP contribution is -2.21. The number of aromatic amines is 1. The van der Waals surface area contributed by atoms with Crippen LogP contribution >= 0.6 is 0 Å². The number of imidazole rings is 1. The van der Waals surface area contributed by atoms with Crippen LogP contribution in [0.3, 0.4) is 0 Å². The van der Waals surface area contributed by atoms with Gasteiger partial charge in [-0.2, -0.15) is 0 Å². The highest BCUT2D eigenvalue weighted by molar-refractivity contribution is 5.90. The summed E-state index contributed by atoms with van der Waals surface area (Å²) >= 11 is 0. The van der Waals surface area contributed by atoms with Gasteiger partial charge in [0.2, 0.25) is 0 Å². The molecule has 0 saturated heterocycles. The molecule has 0 aliphatic rings. The first-order chi connectivity index (χ1) is 11.6. The number of fused-ring (bicyclic) bond motifs is 1. The fourth-order valence-electron chi connectivity index (χ4n) is 2.61. The van der Waals surface area contributed by atoms with Crippen LogP contribution in [0.15, 0.2) is 41.2 Å². The van der Waals surface area contributed by atoms with Crippen LogP contribution < -0.4 is 11.0 Å². The lowest BCUT2D eigenvalue weighted by molar-refractivity contribution is 0.0599. The van der Waals surface area contributed by atoms with Crippen molar-refractivity contribution in [3.8, 4) is 0 Å². The minimum absolute atomic E-state index is 0.136. The number of hydrogen-bond donors (Lipinski definition) is 2. The molecule has 0 radical (unpaired) electrons. The molecule has 0 aliphatic heterocycles. The SMILES string of the molecule is COC(=O)c1ccc(NCCn2c(=O)[nH]c3ccccc32)nc1C. The van der Waals surface area contributed by atoms with Gasteiger partial charge in [-0.15, -0.1) is 0 Å². The number of anilines is 1. The van der Waals surface area contributed by atoms with Gasteiger partial charge < -0.3 is 15.0 Å². The third-order valence-corrected chi connectivity index (χ3v) is 3.81. The topological polar surface area (TPSA) is 89.0 Å². The predicted molar refractivity (Wildman–Crippen MR) is 91.4 cm³/mol. The first kappa shape index (κ1) is 15.8. The lowest BCUT2D eigenvalue weighted by Gasteiger charge is -2.09. The zero-order valence-electron chi connectivity index (χ0n) is 13.5. The van der Waals surface area contributed by atoms with Crippen LogP contribution in [0.2, 0.25) is 0 Å². The summed E-state index contributed by atoms with van der Waals surface area (Å²) in [6, 6.07) is 11.0. The smallest absolute Gasteiger partial charge is 0.339 e. The number of aromatic nitrogens is 3. The molecular formula is C17H18N4O3. The maximum atomic E-state index is 12.0. The molecule has 0 amide bonds. The normalized spacial score (nSPS) is 10.8. The predicted octanol–water partition coefficient (Wildman–Crippen LogP) is 1.93. The Bertz CT molecular complexity index is 942. The number of methoxy groups -OCH3 is 1. The minimum Gasteiger partial charge on any atom is -0.465 e. The second kappa shape index (κ2) is 6.57. The van der Waals surface area contributed by atoms with Crippen LogP contribution in [-0.4, -0.2) is 34.2 Å². The number of carbonyl (C=O) groups excluding carboxylic acids is 1. The number of esters is 1. The number of aryl methyl sites for hydroxylation is 1. The molecule has 0 unspecified atom stereocenters. The van der Waals surface area contributed by atoms with Crippen molar-refractivity contribution < 1.29 is 9.53 Å². The number of benzene rings is 1. The van der Waals surface area contributed by atoms with Crippen molar-refractivity contribution >= 4 is 22.8 Å². The van der Waals surface area contributed by atoms with E-state index in [9.17, 15) is 9.59 Å². The standard InChI is InChI=1S/C17H18N4O3/c1-11-12(16(22)24-2)7-8-15(19-11)18-9-10-21-14-6-4-3-5-13(14)20-17(21)23/h3-8H,9-10H2,1-2H3,(H,18,19)(H,20,23). The first-order valence-corrected chi connectivity index (χ1v) is 7.57. The van der Waals surface area contributed by atoms with Gasteiger partial charge in [-0.3, -0.25) is 4.57 Å². The van der Waals surface area contributed by atoms with Gasteiger partial charge in [-0.05, 0) is 31.2 Å². The molecule has 2 N–H and O–H groups in total. The molecule has 2 heterocycles. The Morgan fingerprint density at radius 3 is 2.83 bits per heavy atom. The maximum Gasteiger partial charge on any atom is 0.339 e.